The zero-order valence-electron chi connectivity index (χ0n) is 14.6. The lowest BCUT2D eigenvalue weighted by Crippen LogP contribution is -2.18. The van der Waals surface area contributed by atoms with Gasteiger partial charge in [-0.05, 0) is 11.0 Å². The maximum atomic E-state index is 12.5. The van der Waals surface area contributed by atoms with Crippen molar-refractivity contribution in [3.05, 3.63) is 45.6 Å². The highest BCUT2D eigenvalue weighted by atomic mass is 16.6. The van der Waals surface area contributed by atoms with Crippen molar-refractivity contribution in [2.24, 2.45) is 7.05 Å². The molecule has 1 amide bonds. The lowest BCUT2D eigenvalue weighted by molar-refractivity contribution is -0.391. The number of hydrogen-bond donors (Lipinski definition) is 1. The van der Waals surface area contributed by atoms with E-state index in [1.54, 1.807) is 0 Å². The molecule has 26 heavy (non-hydrogen) atoms. The van der Waals surface area contributed by atoms with Crippen LogP contribution in [0.2, 0.25) is 0 Å². The van der Waals surface area contributed by atoms with E-state index in [1.807, 2.05) is 0 Å². The number of amides is 1. The monoisotopic (exact) mass is 363 g/mol. The standard InChI is InChI=1S/C16H17N3O7/c1-18-11(5-6-14(18)19(22)23)15(20)17-10-8-13(25-3)12(24-2)7-9(10)16(21)26-4/h5-8H,1-4H3,(H,17,20). The highest BCUT2D eigenvalue weighted by Crippen LogP contribution is 2.34. The lowest BCUT2D eigenvalue weighted by Gasteiger charge is -2.14. The van der Waals surface area contributed by atoms with Crippen LogP contribution in [-0.2, 0) is 11.8 Å². The molecule has 0 bridgehead atoms. The van der Waals surface area contributed by atoms with E-state index in [0.29, 0.717) is 0 Å². The SMILES string of the molecule is COC(=O)c1cc(OC)c(OC)cc1NC(=O)c1ccc([N+](=O)[O-])n1C. The smallest absolute Gasteiger partial charge is 0.340 e. The number of methoxy groups -OCH3 is 3. The molecule has 0 aliphatic heterocycles. The van der Waals surface area contributed by atoms with Crippen molar-refractivity contribution in [3.8, 4) is 11.5 Å². The first-order chi connectivity index (χ1) is 12.3. The summed E-state index contributed by atoms with van der Waals surface area (Å²) in [5, 5.41) is 13.5. The topological polar surface area (TPSA) is 122 Å². The van der Waals surface area contributed by atoms with Crippen LogP contribution >= 0.6 is 0 Å². The van der Waals surface area contributed by atoms with Crippen LogP contribution in [0.3, 0.4) is 0 Å². The molecule has 0 atom stereocenters. The molecule has 0 radical (unpaired) electrons. The van der Waals surface area contributed by atoms with E-state index in [1.165, 1.54) is 52.6 Å². The van der Waals surface area contributed by atoms with Crippen LogP contribution in [0.5, 0.6) is 11.5 Å². The van der Waals surface area contributed by atoms with Crippen LogP contribution in [0.1, 0.15) is 20.8 Å². The number of carbonyl (C=O) groups is 2. The summed E-state index contributed by atoms with van der Waals surface area (Å²) in [5.74, 6) is -1.01. The molecule has 10 nitrogen and oxygen atoms in total. The minimum atomic E-state index is -0.695. The summed E-state index contributed by atoms with van der Waals surface area (Å²) < 4.78 is 16.2. The zero-order chi connectivity index (χ0) is 19.4. The average molecular weight is 363 g/mol. The Kier molecular flexibility index (Phi) is 5.45. The molecule has 0 saturated heterocycles. The molecule has 2 rings (SSSR count). The highest BCUT2D eigenvalue weighted by Gasteiger charge is 2.24. The van der Waals surface area contributed by atoms with Crippen LogP contribution in [0.15, 0.2) is 24.3 Å². The number of nitrogens with zero attached hydrogens (tertiary/aromatic N) is 2. The summed E-state index contributed by atoms with van der Waals surface area (Å²) in [6, 6.07) is 5.30. The summed E-state index contributed by atoms with van der Waals surface area (Å²) in [7, 11) is 5.40. The molecule has 1 heterocycles. The van der Waals surface area contributed by atoms with Gasteiger partial charge in [-0.25, -0.2) is 9.36 Å². The predicted octanol–water partition coefficient (Wildman–Crippen LogP) is 1.99. The van der Waals surface area contributed by atoms with Crippen molar-refractivity contribution in [1.29, 1.82) is 0 Å². The van der Waals surface area contributed by atoms with Gasteiger partial charge in [-0.1, -0.05) is 0 Å². The molecule has 138 valence electrons. The second kappa shape index (κ2) is 7.55. The van der Waals surface area contributed by atoms with Gasteiger partial charge in [0.1, 0.15) is 0 Å². The second-order valence-electron chi connectivity index (χ2n) is 5.09. The van der Waals surface area contributed by atoms with Gasteiger partial charge in [-0.15, -0.1) is 0 Å². The third kappa shape index (κ3) is 3.43. The third-order valence-corrected chi connectivity index (χ3v) is 3.69. The molecule has 1 aromatic carbocycles. The van der Waals surface area contributed by atoms with Gasteiger partial charge in [0.25, 0.3) is 5.91 Å². The zero-order valence-corrected chi connectivity index (χ0v) is 14.6. The first kappa shape index (κ1) is 18.8. The molecule has 2 aromatic rings. The Morgan fingerprint density at radius 3 is 2.23 bits per heavy atom. The molecule has 0 saturated carbocycles. The van der Waals surface area contributed by atoms with Crippen molar-refractivity contribution < 1.29 is 28.7 Å². The first-order valence-corrected chi connectivity index (χ1v) is 7.29. The normalized spacial score (nSPS) is 10.2. The number of nitro groups is 1. The average Bonchev–Trinajstić information content (AvgIpc) is 3.02. The summed E-state index contributed by atoms with van der Waals surface area (Å²) in [4.78, 5) is 34.8. The maximum Gasteiger partial charge on any atom is 0.340 e. The number of anilines is 1. The fourth-order valence-corrected chi connectivity index (χ4v) is 2.36. The molecule has 0 unspecified atom stereocenters. The molecule has 1 aromatic heterocycles. The van der Waals surface area contributed by atoms with Crippen molar-refractivity contribution in [2.45, 2.75) is 0 Å². The van der Waals surface area contributed by atoms with Gasteiger partial charge < -0.3 is 29.6 Å². The molecule has 10 heteroatoms. The summed E-state index contributed by atoms with van der Waals surface area (Å²) in [5.41, 5.74) is 0.202. The summed E-state index contributed by atoms with van der Waals surface area (Å²) in [6.45, 7) is 0. The van der Waals surface area contributed by atoms with Gasteiger partial charge >= 0.3 is 11.8 Å². The number of hydrogen-bond acceptors (Lipinski definition) is 7. The fourth-order valence-electron chi connectivity index (χ4n) is 2.36. The van der Waals surface area contributed by atoms with Crippen molar-refractivity contribution >= 4 is 23.4 Å². The van der Waals surface area contributed by atoms with Crippen LogP contribution in [-0.4, -0.2) is 42.7 Å². The number of aromatic nitrogens is 1. The number of ether oxygens (including phenoxy) is 3. The Hall–Kier alpha value is -3.56. The van der Waals surface area contributed by atoms with E-state index in [-0.39, 0.29) is 34.3 Å². The van der Waals surface area contributed by atoms with Crippen molar-refractivity contribution in [2.75, 3.05) is 26.6 Å². The minimum absolute atomic E-state index is 0.0437. The van der Waals surface area contributed by atoms with E-state index in [2.05, 4.69) is 5.32 Å². The Balaban J connectivity index is 2.46. The quantitative estimate of drug-likeness (QED) is 0.473. The highest BCUT2D eigenvalue weighted by molar-refractivity contribution is 6.08. The van der Waals surface area contributed by atoms with Gasteiger partial charge in [-0.3, -0.25) is 4.79 Å². The van der Waals surface area contributed by atoms with Crippen molar-refractivity contribution in [1.82, 2.24) is 4.57 Å². The Morgan fingerprint density at radius 2 is 1.73 bits per heavy atom. The van der Waals surface area contributed by atoms with Crippen molar-refractivity contribution in [3.63, 3.8) is 0 Å². The largest absolute Gasteiger partial charge is 0.493 e. The van der Waals surface area contributed by atoms with Gasteiger partial charge in [-0.2, -0.15) is 0 Å². The summed E-state index contributed by atoms with van der Waals surface area (Å²) in [6.07, 6.45) is 0. The molecular weight excluding hydrogens is 346 g/mol. The fraction of sp³-hybridized carbons (Fsp3) is 0.250. The predicted molar refractivity (Wildman–Crippen MR) is 90.9 cm³/mol. The van der Waals surface area contributed by atoms with E-state index in [9.17, 15) is 19.7 Å². The van der Waals surface area contributed by atoms with Crippen LogP contribution in [0.25, 0.3) is 0 Å². The Labute approximate surface area is 148 Å². The maximum absolute atomic E-state index is 12.5. The van der Waals surface area contributed by atoms with E-state index in [4.69, 9.17) is 14.2 Å². The molecule has 1 N–H and O–H groups in total. The van der Waals surface area contributed by atoms with Crippen LogP contribution in [0, 0.1) is 10.1 Å². The van der Waals surface area contributed by atoms with Gasteiger partial charge in [0, 0.05) is 18.2 Å². The number of carbonyl (C=O) groups excluding carboxylic acids is 2. The molecule has 0 aliphatic rings. The molecule has 0 fully saturated rings. The molecule has 0 aliphatic carbocycles. The van der Waals surface area contributed by atoms with E-state index >= 15 is 0 Å². The Bertz CT molecular complexity index is 873. The lowest BCUT2D eigenvalue weighted by atomic mass is 10.1. The Morgan fingerprint density at radius 1 is 1.12 bits per heavy atom. The number of esters is 1. The number of nitrogens with one attached hydrogen (secondary N) is 1. The van der Waals surface area contributed by atoms with E-state index in [0.717, 1.165) is 4.57 Å². The van der Waals surface area contributed by atoms with Crippen LogP contribution < -0.4 is 14.8 Å². The first-order valence-electron chi connectivity index (χ1n) is 7.29. The minimum Gasteiger partial charge on any atom is -0.493 e. The van der Waals surface area contributed by atoms with E-state index < -0.39 is 16.8 Å². The number of benzene rings is 1. The van der Waals surface area contributed by atoms with Gasteiger partial charge in [0.2, 0.25) is 0 Å². The van der Waals surface area contributed by atoms with Gasteiger partial charge in [0.05, 0.1) is 39.6 Å². The number of rotatable bonds is 6. The second-order valence-corrected chi connectivity index (χ2v) is 5.09. The summed E-state index contributed by atoms with van der Waals surface area (Å²) >= 11 is 0. The molecular formula is C16H17N3O7. The third-order valence-electron chi connectivity index (χ3n) is 3.69. The molecule has 0 spiro atoms. The van der Waals surface area contributed by atoms with Gasteiger partial charge in [0.15, 0.2) is 17.2 Å². The van der Waals surface area contributed by atoms with Crippen LogP contribution in [0.4, 0.5) is 11.5 Å².